The van der Waals surface area contributed by atoms with Gasteiger partial charge >= 0.3 is 0 Å². The number of halogens is 2. The van der Waals surface area contributed by atoms with Gasteiger partial charge in [-0.25, -0.2) is 0 Å². The molecule has 0 atom stereocenters. The molecule has 2 aliphatic rings. The van der Waals surface area contributed by atoms with Crippen LogP contribution in [0.25, 0.3) is 0 Å². The lowest BCUT2D eigenvalue weighted by molar-refractivity contribution is 0.132. The Bertz CT molecular complexity index is 151. The lowest BCUT2D eigenvalue weighted by Gasteiger charge is -2.36. The summed E-state index contributed by atoms with van der Waals surface area (Å²) in [6.07, 6.45) is 5.76. The fourth-order valence-electron chi connectivity index (χ4n) is 2.18. The molecule has 1 aliphatic heterocycles. The van der Waals surface area contributed by atoms with Gasteiger partial charge in [0.25, 0.3) is 0 Å². The maximum absolute atomic E-state index is 2.70. The van der Waals surface area contributed by atoms with Crippen LogP contribution in [0.4, 0.5) is 0 Å². The van der Waals surface area contributed by atoms with Crippen LogP contribution in [0, 0.1) is 0 Å². The van der Waals surface area contributed by atoms with Gasteiger partial charge in [-0.1, -0.05) is 6.42 Å². The second-order valence-electron chi connectivity index (χ2n) is 4.28. The minimum Gasteiger partial charge on any atom is -0.305 e. The number of likely N-dealkylation sites (N-methyl/N-ethyl adjacent to an activating group) is 1. The first-order valence-electron chi connectivity index (χ1n) is 5.29. The van der Waals surface area contributed by atoms with E-state index in [9.17, 15) is 0 Å². The maximum atomic E-state index is 2.70. The zero-order valence-corrected chi connectivity index (χ0v) is 10.6. The molecule has 4 heteroatoms. The van der Waals surface area contributed by atoms with E-state index < -0.39 is 0 Å². The van der Waals surface area contributed by atoms with Crippen molar-refractivity contribution < 1.29 is 0 Å². The van der Waals surface area contributed by atoms with Gasteiger partial charge < -0.3 is 4.90 Å². The summed E-state index contributed by atoms with van der Waals surface area (Å²) in [5, 5.41) is 0. The number of nitrogens with zero attached hydrogens (tertiary/aromatic N) is 2. The van der Waals surface area contributed by atoms with Crippen molar-refractivity contribution in [3.63, 3.8) is 0 Å². The standard InChI is InChI=1S/C10H20N2.2ClH/c1-11-6-3-7-12(9-8-11)10-4-2-5-10;;/h10H,2-9H2,1H3;2*1H. The molecule has 0 aromatic carbocycles. The first-order valence-corrected chi connectivity index (χ1v) is 5.29. The number of hydrogen-bond acceptors (Lipinski definition) is 2. The molecule has 0 aromatic rings. The Balaban J connectivity index is 0.000000845. The third kappa shape index (κ3) is 3.58. The van der Waals surface area contributed by atoms with E-state index in [-0.39, 0.29) is 24.8 Å². The van der Waals surface area contributed by atoms with E-state index in [1.54, 1.807) is 0 Å². The van der Waals surface area contributed by atoms with Crippen molar-refractivity contribution in [3.8, 4) is 0 Å². The average molecular weight is 241 g/mol. The van der Waals surface area contributed by atoms with Gasteiger partial charge in [-0.05, 0) is 39.4 Å². The van der Waals surface area contributed by atoms with E-state index in [1.807, 2.05) is 0 Å². The smallest absolute Gasteiger partial charge is 0.0112 e. The zero-order chi connectivity index (χ0) is 8.39. The quantitative estimate of drug-likeness (QED) is 0.693. The van der Waals surface area contributed by atoms with Gasteiger partial charge in [0, 0.05) is 19.1 Å². The van der Waals surface area contributed by atoms with Gasteiger partial charge in [-0.2, -0.15) is 0 Å². The molecule has 0 bridgehead atoms. The van der Waals surface area contributed by atoms with E-state index >= 15 is 0 Å². The molecule has 14 heavy (non-hydrogen) atoms. The van der Waals surface area contributed by atoms with Crippen molar-refractivity contribution in [2.24, 2.45) is 0 Å². The average Bonchev–Trinajstić information content (AvgIpc) is 2.12. The third-order valence-electron chi connectivity index (χ3n) is 3.35. The fourth-order valence-corrected chi connectivity index (χ4v) is 2.18. The monoisotopic (exact) mass is 240 g/mol. The molecule has 0 radical (unpaired) electrons. The summed E-state index contributed by atoms with van der Waals surface area (Å²) in [4.78, 5) is 5.16. The lowest BCUT2D eigenvalue weighted by atomic mass is 9.91. The fraction of sp³-hybridized carbons (Fsp3) is 1.00. The molecule has 1 heterocycles. The van der Waals surface area contributed by atoms with Crippen LogP contribution in [0.2, 0.25) is 0 Å². The molecule has 2 nitrogen and oxygen atoms in total. The third-order valence-corrected chi connectivity index (χ3v) is 3.35. The molecule has 2 fully saturated rings. The Labute approximate surface area is 99.8 Å². The van der Waals surface area contributed by atoms with Gasteiger partial charge in [0.15, 0.2) is 0 Å². The van der Waals surface area contributed by atoms with Crippen LogP contribution in [0.1, 0.15) is 25.7 Å². The highest BCUT2D eigenvalue weighted by atomic mass is 35.5. The summed E-state index contributed by atoms with van der Waals surface area (Å²) in [6.45, 7) is 5.22. The summed E-state index contributed by atoms with van der Waals surface area (Å²) in [5.74, 6) is 0. The summed E-state index contributed by atoms with van der Waals surface area (Å²) >= 11 is 0. The molecule has 1 saturated heterocycles. The van der Waals surface area contributed by atoms with Crippen LogP contribution in [0.15, 0.2) is 0 Å². The minimum atomic E-state index is 0. The number of rotatable bonds is 1. The Hall–Kier alpha value is 0.500. The van der Waals surface area contributed by atoms with E-state index in [2.05, 4.69) is 16.8 Å². The molecule has 1 saturated carbocycles. The molecular formula is C10H22Cl2N2. The molecule has 0 unspecified atom stereocenters. The first-order chi connectivity index (χ1) is 5.86. The van der Waals surface area contributed by atoms with E-state index in [1.165, 1.54) is 51.9 Å². The highest BCUT2D eigenvalue weighted by Gasteiger charge is 2.25. The first kappa shape index (κ1) is 14.5. The Kier molecular flexibility index (Phi) is 7.13. The Morgan fingerprint density at radius 2 is 1.57 bits per heavy atom. The van der Waals surface area contributed by atoms with Crippen LogP contribution in [-0.2, 0) is 0 Å². The maximum Gasteiger partial charge on any atom is 0.0112 e. The molecule has 86 valence electrons. The molecule has 0 spiro atoms. The van der Waals surface area contributed by atoms with Gasteiger partial charge in [0.05, 0.1) is 0 Å². The lowest BCUT2D eigenvalue weighted by Crippen LogP contribution is -2.42. The summed E-state index contributed by atoms with van der Waals surface area (Å²) in [7, 11) is 2.24. The van der Waals surface area contributed by atoms with Gasteiger partial charge in [0.1, 0.15) is 0 Å². The Morgan fingerprint density at radius 1 is 0.857 bits per heavy atom. The zero-order valence-electron chi connectivity index (χ0n) is 8.95. The summed E-state index contributed by atoms with van der Waals surface area (Å²) in [6, 6.07) is 0.955. The van der Waals surface area contributed by atoms with Crippen molar-refractivity contribution in [1.82, 2.24) is 9.80 Å². The molecule has 0 aromatic heterocycles. The van der Waals surface area contributed by atoms with Gasteiger partial charge in [-0.3, -0.25) is 4.90 Å². The Morgan fingerprint density at radius 3 is 2.14 bits per heavy atom. The molecule has 2 rings (SSSR count). The van der Waals surface area contributed by atoms with Crippen LogP contribution >= 0.6 is 24.8 Å². The SMILES string of the molecule is CN1CCCN(C2CCC2)CC1.Cl.Cl. The van der Waals surface area contributed by atoms with E-state index in [4.69, 9.17) is 0 Å². The normalized spacial score (nSPS) is 25.5. The van der Waals surface area contributed by atoms with Crippen LogP contribution in [-0.4, -0.2) is 49.1 Å². The summed E-state index contributed by atoms with van der Waals surface area (Å²) < 4.78 is 0. The van der Waals surface area contributed by atoms with Crippen LogP contribution in [0.5, 0.6) is 0 Å². The van der Waals surface area contributed by atoms with Crippen LogP contribution in [0.3, 0.4) is 0 Å². The topological polar surface area (TPSA) is 6.48 Å². The highest BCUT2D eigenvalue weighted by Crippen LogP contribution is 2.25. The molecule has 0 amide bonds. The molecule has 1 aliphatic carbocycles. The second-order valence-corrected chi connectivity index (χ2v) is 4.28. The molecule has 0 N–H and O–H groups in total. The molecular weight excluding hydrogens is 219 g/mol. The van der Waals surface area contributed by atoms with Crippen molar-refractivity contribution in [1.29, 1.82) is 0 Å². The van der Waals surface area contributed by atoms with Crippen molar-refractivity contribution in [3.05, 3.63) is 0 Å². The van der Waals surface area contributed by atoms with Crippen molar-refractivity contribution >= 4 is 24.8 Å². The largest absolute Gasteiger partial charge is 0.305 e. The van der Waals surface area contributed by atoms with E-state index in [0.717, 1.165) is 6.04 Å². The van der Waals surface area contributed by atoms with E-state index in [0.29, 0.717) is 0 Å². The predicted octanol–water partition coefficient (Wildman–Crippen LogP) is 2.02. The van der Waals surface area contributed by atoms with Gasteiger partial charge in [0.2, 0.25) is 0 Å². The highest BCUT2D eigenvalue weighted by molar-refractivity contribution is 5.85. The minimum absolute atomic E-state index is 0. The van der Waals surface area contributed by atoms with Crippen LogP contribution < -0.4 is 0 Å². The summed E-state index contributed by atoms with van der Waals surface area (Å²) in [5.41, 5.74) is 0. The van der Waals surface area contributed by atoms with Crippen molar-refractivity contribution in [2.45, 2.75) is 31.7 Å². The van der Waals surface area contributed by atoms with Crippen molar-refractivity contribution in [2.75, 3.05) is 33.2 Å². The number of hydrogen-bond donors (Lipinski definition) is 0. The van der Waals surface area contributed by atoms with Gasteiger partial charge in [-0.15, -0.1) is 24.8 Å². The second kappa shape index (κ2) is 6.89. The predicted molar refractivity (Wildman–Crippen MR) is 65.8 cm³/mol.